The highest BCUT2D eigenvalue weighted by Gasteiger charge is 2.34. The van der Waals surface area contributed by atoms with Crippen molar-refractivity contribution in [3.8, 4) is 0 Å². The van der Waals surface area contributed by atoms with Gasteiger partial charge in [0.05, 0.1) is 6.54 Å². The Morgan fingerprint density at radius 3 is 2.24 bits per heavy atom. The number of rotatable bonds is 4. The van der Waals surface area contributed by atoms with Crippen molar-refractivity contribution in [3.63, 3.8) is 0 Å². The van der Waals surface area contributed by atoms with Crippen molar-refractivity contribution in [2.45, 2.75) is 18.9 Å². The van der Waals surface area contributed by atoms with E-state index in [1.807, 2.05) is 23.1 Å². The summed E-state index contributed by atoms with van der Waals surface area (Å²) in [6.07, 6.45) is 0. The lowest BCUT2D eigenvalue weighted by molar-refractivity contribution is -0.131. The molecule has 0 saturated carbocycles. The second-order valence-corrected chi connectivity index (χ2v) is 6.69. The number of likely N-dealkylation sites (N-methyl/N-ethyl adjacent to an activating group) is 1. The van der Waals surface area contributed by atoms with Crippen molar-refractivity contribution in [2.24, 2.45) is 5.73 Å². The van der Waals surface area contributed by atoms with E-state index in [0.29, 0.717) is 13.1 Å². The number of halogens is 2. The van der Waals surface area contributed by atoms with E-state index in [4.69, 9.17) is 5.73 Å². The third-order valence-electron chi connectivity index (χ3n) is 5.22. The van der Waals surface area contributed by atoms with Crippen LogP contribution in [0.1, 0.15) is 18.4 Å². The second kappa shape index (κ2) is 10.3. The minimum atomic E-state index is 0. The fraction of sp³-hybridized carbons (Fsp3) is 0.611. The number of carbonyl (C=O) groups is 1. The summed E-state index contributed by atoms with van der Waals surface area (Å²) in [5.41, 5.74) is 7.54. The molecule has 5 nitrogen and oxygen atoms in total. The minimum absolute atomic E-state index is 0. The lowest BCUT2D eigenvalue weighted by Gasteiger charge is -2.34. The molecule has 0 unspecified atom stereocenters. The standard InChI is InChI=1S/C18H28N4O.2ClH/c1-2-20-8-10-21(11-9-20)14-18(23)22-12-16(17(19)13-22)15-6-4-3-5-7-15;;/h3-7,16-17H,2,8-14,19H2,1H3;2*1H/t16-,17+;;/m0../s1. The molecule has 1 aromatic rings. The molecule has 142 valence electrons. The van der Waals surface area contributed by atoms with Gasteiger partial charge in [0, 0.05) is 51.2 Å². The van der Waals surface area contributed by atoms with Crippen molar-refractivity contribution < 1.29 is 4.79 Å². The van der Waals surface area contributed by atoms with Crippen molar-refractivity contribution in [3.05, 3.63) is 35.9 Å². The SMILES string of the molecule is CCN1CCN(CC(=O)N2C[C@@H](N)[C@H](c3ccccc3)C2)CC1.Cl.Cl. The molecule has 0 spiro atoms. The lowest BCUT2D eigenvalue weighted by Crippen LogP contribution is -2.49. The van der Waals surface area contributed by atoms with E-state index in [9.17, 15) is 4.79 Å². The Morgan fingerprint density at radius 1 is 1.04 bits per heavy atom. The zero-order valence-corrected chi connectivity index (χ0v) is 16.5. The van der Waals surface area contributed by atoms with E-state index in [0.717, 1.165) is 39.3 Å². The predicted octanol–water partition coefficient (Wildman–Crippen LogP) is 1.42. The van der Waals surface area contributed by atoms with Crippen LogP contribution in [0.25, 0.3) is 0 Å². The van der Waals surface area contributed by atoms with Gasteiger partial charge < -0.3 is 15.5 Å². The molecule has 2 saturated heterocycles. The molecule has 0 radical (unpaired) electrons. The van der Waals surface area contributed by atoms with Gasteiger partial charge in [0.2, 0.25) is 5.91 Å². The Hall–Kier alpha value is -0.850. The summed E-state index contributed by atoms with van der Waals surface area (Å²) in [6, 6.07) is 10.4. The molecular weight excluding hydrogens is 359 g/mol. The van der Waals surface area contributed by atoms with Crippen LogP contribution >= 0.6 is 24.8 Å². The van der Waals surface area contributed by atoms with Gasteiger partial charge in [-0.3, -0.25) is 9.69 Å². The van der Waals surface area contributed by atoms with Gasteiger partial charge in [-0.15, -0.1) is 24.8 Å². The number of nitrogens with zero attached hydrogens (tertiary/aromatic N) is 3. The third kappa shape index (κ3) is 5.56. The zero-order valence-electron chi connectivity index (χ0n) is 14.8. The van der Waals surface area contributed by atoms with Gasteiger partial charge in [0.25, 0.3) is 0 Å². The smallest absolute Gasteiger partial charge is 0.236 e. The van der Waals surface area contributed by atoms with Crippen LogP contribution < -0.4 is 5.73 Å². The first-order chi connectivity index (χ1) is 11.2. The van der Waals surface area contributed by atoms with E-state index in [1.54, 1.807) is 0 Å². The number of piperazine rings is 1. The monoisotopic (exact) mass is 388 g/mol. The summed E-state index contributed by atoms with van der Waals surface area (Å²) < 4.78 is 0. The molecule has 2 atom stereocenters. The van der Waals surface area contributed by atoms with Crippen LogP contribution in [0.2, 0.25) is 0 Å². The van der Waals surface area contributed by atoms with Gasteiger partial charge in [-0.2, -0.15) is 0 Å². The summed E-state index contributed by atoms with van der Waals surface area (Å²) in [7, 11) is 0. The summed E-state index contributed by atoms with van der Waals surface area (Å²) >= 11 is 0. The number of carbonyl (C=O) groups excluding carboxylic acids is 1. The molecular formula is C18H30Cl2N4O. The maximum Gasteiger partial charge on any atom is 0.236 e. The zero-order chi connectivity index (χ0) is 16.2. The molecule has 0 bridgehead atoms. The van der Waals surface area contributed by atoms with E-state index >= 15 is 0 Å². The predicted molar refractivity (Wildman–Crippen MR) is 107 cm³/mol. The summed E-state index contributed by atoms with van der Waals surface area (Å²) in [5.74, 6) is 0.487. The summed E-state index contributed by atoms with van der Waals surface area (Å²) in [5, 5.41) is 0. The van der Waals surface area contributed by atoms with Crippen LogP contribution in [0, 0.1) is 0 Å². The van der Waals surface area contributed by atoms with E-state index in [-0.39, 0.29) is 42.7 Å². The molecule has 0 aliphatic carbocycles. The number of benzene rings is 1. The second-order valence-electron chi connectivity index (χ2n) is 6.69. The highest BCUT2D eigenvalue weighted by Crippen LogP contribution is 2.26. The van der Waals surface area contributed by atoms with Crippen LogP contribution in [0.3, 0.4) is 0 Å². The van der Waals surface area contributed by atoms with Gasteiger partial charge in [-0.1, -0.05) is 37.3 Å². The first-order valence-corrected chi connectivity index (χ1v) is 8.70. The number of hydrogen-bond donors (Lipinski definition) is 1. The molecule has 2 aliphatic heterocycles. The largest absolute Gasteiger partial charge is 0.339 e. The number of amides is 1. The molecule has 0 aromatic heterocycles. The molecule has 3 rings (SSSR count). The lowest BCUT2D eigenvalue weighted by atomic mass is 9.95. The molecule has 2 fully saturated rings. The van der Waals surface area contributed by atoms with E-state index in [1.165, 1.54) is 5.56 Å². The Kier molecular flexibility index (Phi) is 9.17. The van der Waals surface area contributed by atoms with E-state index in [2.05, 4.69) is 28.9 Å². The number of likely N-dealkylation sites (tertiary alicyclic amines) is 1. The van der Waals surface area contributed by atoms with Crippen LogP contribution in [-0.2, 0) is 4.79 Å². The van der Waals surface area contributed by atoms with Gasteiger partial charge >= 0.3 is 0 Å². The maximum absolute atomic E-state index is 12.6. The van der Waals surface area contributed by atoms with Gasteiger partial charge in [0.15, 0.2) is 0 Å². The minimum Gasteiger partial charge on any atom is -0.339 e. The van der Waals surface area contributed by atoms with Crippen LogP contribution in [0.15, 0.2) is 30.3 Å². The van der Waals surface area contributed by atoms with Crippen LogP contribution in [0.5, 0.6) is 0 Å². The average Bonchev–Trinajstić information content (AvgIpc) is 2.98. The van der Waals surface area contributed by atoms with Crippen LogP contribution in [-0.4, -0.2) is 79.0 Å². The molecule has 2 aliphatic rings. The Balaban J connectivity index is 0.00000156. The average molecular weight is 389 g/mol. The molecule has 1 aromatic carbocycles. The first kappa shape index (κ1) is 22.2. The topological polar surface area (TPSA) is 52.8 Å². The quantitative estimate of drug-likeness (QED) is 0.847. The molecule has 2 N–H and O–H groups in total. The molecule has 2 heterocycles. The summed E-state index contributed by atoms with van der Waals surface area (Å²) in [4.78, 5) is 19.3. The van der Waals surface area contributed by atoms with Crippen molar-refractivity contribution in [1.29, 1.82) is 0 Å². The molecule has 7 heteroatoms. The van der Waals surface area contributed by atoms with Crippen molar-refractivity contribution >= 4 is 30.7 Å². The van der Waals surface area contributed by atoms with Crippen molar-refractivity contribution in [1.82, 2.24) is 14.7 Å². The Bertz CT molecular complexity index is 523. The fourth-order valence-corrected chi connectivity index (χ4v) is 3.64. The van der Waals surface area contributed by atoms with Gasteiger partial charge in [0.1, 0.15) is 0 Å². The highest BCUT2D eigenvalue weighted by molar-refractivity contribution is 5.85. The Labute approximate surface area is 163 Å². The van der Waals surface area contributed by atoms with Crippen LogP contribution in [0.4, 0.5) is 0 Å². The molecule has 1 amide bonds. The van der Waals surface area contributed by atoms with Crippen molar-refractivity contribution in [2.75, 3.05) is 52.4 Å². The summed E-state index contributed by atoms with van der Waals surface area (Å²) in [6.45, 7) is 9.35. The Morgan fingerprint density at radius 2 is 1.64 bits per heavy atom. The fourth-order valence-electron chi connectivity index (χ4n) is 3.64. The first-order valence-electron chi connectivity index (χ1n) is 8.70. The highest BCUT2D eigenvalue weighted by atomic mass is 35.5. The third-order valence-corrected chi connectivity index (χ3v) is 5.22. The van der Waals surface area contributed by atoms with E-state index < -0.39 is 0 Å². The maximum atomic E-state index is 12.6. The molecule has 25 heavy (non-hydrogen) atoms. The number of hydrogen-bond acceptors (Lipinski definition) is 4. The van der Waals surface area contributed by atoms with Gasteiger partial charge in [-0.25, -0.2) is 0 Å². The number of nitrogens with two attached hydrogens (primary N) is 1. The normalized spacial score (nSPS) is 24.5. The van der Waals surface area contributed by atoms with Gasteiger partial charge in [-0.05, 0) is 12.1 Å².